The number of ether oxygens (including phenoxy) is 2. The Balaban J connectivity index is 1.41. The van der Waals surface area contributed by atoms with Gasteiger partial charge >= 0.3 is 12.1 Å². The zero-order chi connectivity index (χ0) is 27.3. The molecule has 204 valence electrons. The number of carbonyl (C=O) groups is 3. The van der Waals surface area contributed by atoms with Gasteiger partial charge in [-0.1, -0.05) is 12.1 Å². The van der Waals surface area contributed by atoms with E-state index in [1.807, 2.05) is 49.9 Å². The molecule has 12 nitrogen and oxygen atoms in total. The fourth-order valence-corrected chi connectivity index (χ4v) is 4.26. The van der Waals surface area contributed by atoms with Crippen LogP contribution in [0.4, 0.5) is 22.2 Å². The van der Waals surface area contributed by atoms with E-state index in [-0.39, 0.29) is 29.1 Å². The van der Waals surface area contributed by atoms with Crippen LogP contribution in [0.2, 0.25) is 0 Å². The number of nitrogens with one attached hydrogen (secondary N) is 1. The van der Waals surface area contributed by atoms with Gasteiger partial charge < -0.3 is 29.7 Å². The van der Waals surface area contributed by atoms with Crippen molar-refractivity contribution in [1.82, 2.24) is 19.8 Å². The molecule has 0 saturated carbocycles. The average Bonchev–Trinajstić information content (AvgIpc) is 2.89. The molecule has 0 atom stereocenters. The number of carbonyl (C=O) groups excluding carboxylic acids is 2. The number of hydrogen-bond donors (Lipinski definition) is 2. The van der Waals surface area contributed by atoms with Crippen molar-refractivity contribution in [2.24, 2.45) is 0 Å². The Hall–Kier alpha value is -3.77. The molecule has 3 heterocycles. The van der Waals surface area contributed by atoms with Gasteiger partial charge in [-0.2, -0.15) is 4.98 Å². The Morgan fingerprint density at radius 3 is 2.29 bits per heavy atom. The Labute approximate surface area is 221 Å². The summed E-state index contributed by atoms with van der Waals surface area (Å²) in [5, 5.41) is 12.8. The summed E-state index contributed by atoms with van der Waals surface area (Å²) in [5.74, 6) is -0.947. The molecule has 0 radical (unpaired) electrons. The minimum Gasteiger partial charge on any atom is -0.477 e. The largest absolute Gasteiger partial charge is 0.477 e. The number of carboxylic acids is 1. The van der Waals surface area contributed by atoms with Gasteiger partial charge in [-0.05, 0) is 38.5 Å². The number of anilines is 3. The third-order valence-electron chi connectivity index (χ3n) is 6.19. The van der Waals surface area contributed by atoms with Crippen LogP contribution in [0.25, 0.3) is 0 Å². The predicted octanol–water partition coefficient (Wildman–Crippen LogP) is 2.62. The first kappa shape index (κ1) is 27.3. The van der Waals surface area contributed by atoms with Crippen LogP contribution < -0.4 is 10.2 Å². The fourth-order valence-electron chi connectivity index (χ4n) is 4.26. The molecule has 2 fully saturated rings. The van der Waals surface area contributed by atoms with Crippen molar-refractivity contribution in [3.05, 3.63) is 41.1 Å². The quantitative estimate of drug-likeness (QED) is 0.515. The number of piperazine rings is 1. The van der Waals surface area contributed by atoms with E-state index in [9.17, 15) is 19.5 Å². The minimum absolute atomic E-state index is 0.0575. The third kappa shape index (κ3) is 6.95. The minimum atomic E-state index is -1.29. The fraction of sp³-hybridized carbons (Fsp3) is 0.500. The first-order chi connectivity index (χ1) is 18.1. The first-order valence-electron chi connectivity index (χ1n) is 12.6. The molecule has 2 aliphatic heterocycles. The highest BCUT2D eigenvalue weighted by Crippen LogP contribution is 2.25. The molecule has 2 aromatic rings. The van der Waals surface area contributed by atoms with Crippen LogP contribution in [-0.2, 0) is 16.0 Å². The molecule has 2 aliphatic rings. The van der Waals surface area contributed by atoms with E-state index in [1.165, 1.54) is 0 Å². The van der Waals surface area contributed by atoms with Crippen molar-refractivity contribution in [3.8, 4) is 0 Å². The lowest BCUT2D eigenvalue weighted by Gasteiger charge is -2.35. The summed E-state index contributed by atoms with van der Waals surface area (Å²) < 4.78 is 10.8. The summed E-state index contributed by atoms with van der Waals surface area (Å²) in [4.78, 5) is 50.4. The van der Waals surface area contributed by atoms with Crippen molar-refractivity contribution in [2.45, 2.75) is 32.9 Å². The molecule has 0 unspecified atom stereocenters. The zero-order valence-electron chi connectivity index (χ0n) is 22.0. The first-order valence-corrected chi connectivity index (χ1v) is 12.6. The predicted molar refractivity (Wildman–Crippen MR) is 140 cm³/mol. The van der Waals surface area contributed by atoms with E-state index in [2.05, 4.69) is 20.2 Å². The molecule has 38 heavy (non-hydrogen) atoms. The third-order valence-corrected chi connectivity index (χ3v) is 6.19. The second-order valence-corrected chi connectivity index (χ2v) is 10.2. The molecule has 12 heteroatoms. The SMILES string of the molecule is CC(C)(C)OC(=O)N1CCN(Cc2ccc(Nc3nc(N4CCOCC4)nc(C=O)c3C(=O)O)cc2)CC1. The van der Waals surface area contributed by atoms with Gasteiger partial charge in [0.1, 0.15) is 16.9 Å². The Kier molecular flexibility index (Phi) is 8.42. The number of rotatable bonds is 7. The maximum absolute atomic E-state index is 12.3. The molecule has 0 aliphatic carbocycles. The second-order valence-electron chi connectivity index (χ2n) is 10.2. The normalized spacial score (nSPS) is 16.7. The maximum Gasteiger partial charge on any atom is 0.410 e. The van der Waals surface area contributed by atoms with Gasteiger partial charge in [0.15, 0.2) is 12.1 Å². The average molecular weight is 527 g/mol. The van der Waals surface area contributed by atoms with Crippen molar-refractivity contribution < 1.29 is 29.0 Å². The van der Waals surface area contributed by atoms with Crippen molar-refractivity contribution in [3.63, 3.8) is 0 Å². The number of benzene rings is 1. The van der Waals surface area contributed by atoms with Crippen molar-refractivity contribution in [1.29, 1.82) is 0 Å². The van der Waals surface area contributed by atoms with Crippen LogP contribution in [0.1, 0.15) is 47.2 Å². The summed E-state index contributed by atoms with van der Waals surface area (Å²) in [6.07, 6.45) is 0.152. The van der Waals surface area contributed by atoms with Gasteiger partial charge in [0.25, 0.3) is 0 Å². The Bertz CT molecular complexity index is 1150. The van der Waals surface area contributed by atoms with E-state index in [1.54, 1.807) is 4.90 Å². The number of nitrogens with zero attached hydrogens (tertiary/aromatic N) is 5. The van der Waals surface area contributed by atoms with Crippen LogP contribution in [0.5, 0.6) is 0 Å². The van der Waals surface area contributed by atoms with E-state index < -0.39 is 11.6 Å². The summed E-state index contributed by atoms with van der Waals surface area (Å²) in [7, 11) is 0. The molecule has 2 saturated heterocycles. The molecule has 0 bridgehead atoms. The van der Waals surface area contributed by atoms with Gasteiger partial charge in [-0.3, -0.25) is 9.69 Å². The molecule has 1 aromatic heterocycles. The maximum atomic E-state index is 12.3. The summed E-state index contributed by atoms with van der Waals surface area (Å²) in [6, 6.07) is 7.59. The standard InChI is InChI=1S/C26H34N6O6/c1-26(2,3)38-25(36)32-10-8-30(9-11-32)16-18-4-6-19(7-5-18)27-22-21(23(34)35)20(17-33)28-24(29-22)31-12-14-37-15-13-31/h4-7,17H,8-16H2,1-3H3,(H,34,35)(H,27,28,29). The smallest absolute Gasteiger partial charge is 0.410 e. The van der Waals surface area contributed by atoms with Crippen LogP contribution in [-0.4, -0.2) is 101 Å². The molecule has 2 N–H and O–H groups in total. The summed E-state index contributed by atoms with van der Waals surface area (Å²) >= 11 is 0. The number of hydrogen-bond acceptors (Lipinski definition) is 10. The van der Waals surface area contributed by atoms with Gasteiger partial charge in [-0.15, -0.1) is 0 Å². The number of aldehydes is 1. The Morgan fingerprint density at radius 2 is 1.71 bits per heavy atom. The number of morpholine rings is 1. The lowest BCUT2D eigenvalue weighted by atomic mass is 10.1. The van der Waals surface area contributed by atoms with Crippen molar-refractivity contribution >= 4 is 35.8 Å². The topological polar surface area (TPSA) is 137 Å². The van der Waals surface area contributed by atoms with E-state index in [0.29, 0.717) is 57.9 Å². The highest BCUT2D eigenvalue weighted by Gasteiger charge is 2.26. The van der Waals surface area contributed by atoms with Crippen LogP contribution in [0, 0.1) is 0 Å². The molecule has 1 amide bonds. The van der Waals surface area contributed by atoms with Gasteiger partial charge in [0.05, 0.1) is 13.2 Å². The molecular formula is C26H34N6O6. The monoisotopic (exact) mass is 526 g/mol. The number of carboxylic acid groups (broad SMARTS) is 1. The lowest BCUT2D eigenvalue weighted by molar-refractivity contribution is 0.0139. The van der Waals surface area contributed by atoms with E-state index >= 15 is 0 Å². The van der Waals surface area contributed by atoms with Gasteiger partial charge in [0, 0.05) is 51.5 Å². The van der Waals surface area contributed by atoms with Gasteiger partial charge in [0.2, 0.25) is 5.95 Å². The van der Waals surface area contributed by atoms with Crippen LogP contribution >= 0.6 is 0 Å². The van der Waals surface area contributed by atoms with Crippen LogP contribution in [0.15, 0.2) is 24.3 Å². The molecule has 0 spiro atoms. The zero-order valence-corrected chi connectivity index (χ0v) is 22.0. The van der Waals surface area contributed by atoms with E-state index in [4.69, 9.17) is 9.47 Å². The lowest BCUT2D eigenvalue weighted by Crippen LogP contribution is -2.49. The van der Waals surface area contributed by atoms with E-state index in [0.717, 1.165) is 18.7 Å². The van der Waals surface area contributed by atoms with Crippen molar-refractivity contribution in [2.75, 3.05) is 62.7 Å². The molecule has 4 rings (SSSR count). The number of amides is 1. The molecule has 1 aromatic carbocycles. The van der Waals surface area contributed by atoms with Crippen LogP contribution in [0.3, 0.4) is 0 Å². The van der Waals surface area contributed by atoms with Gasteiger partial charge in [-0.25, -0.2) is 14.6 Å². The Morgan fingerprint density at radius 1 is 1.05 bits per heavy atom. The summed E-state index contributed by atoms with van der Waals surface area (Å²) in [6.45, 7) is 11.1. The number of aromatic carboxylic acids is 1. The highest BCUT2D eigenvalue weighted by atomic mass is 16.6. The number of aromatic nitrogens is 2. The molecular weight excluding hydrogens is 492 g/mol. The highest BCUT2D eigenvalue weighted by molar-refractivity contribution is 6.01. The second kappa shape index (κ2) is 11.7. The summed E-state index contributed by atoms with van der Waals surface area (Å²) in [5.41, 5.74) is 0.738.